The number of aliphatic imine (C=N–C) groups is 1. The van der Waals surface area contributed by atoms with E-state index in [1.165, 1.54) is 16.4 Å². The zero-order valence-corrected chi connectivity index (χ0v) is 12.7. The van der Waals surface area contributed by atoms with Gasteiger partial charge in [-0.25, -0.2) is 0 Å². The fraction of sp³-hybridized carbons (Fsp3) is 0.500. The van der Waals surface area contributed by atoms with E-state index in [4.69, 9.17) is 0 Å². The summed E-state index contributed by atoms with van der Waals surface area (Å²) in [6.07, 6.45) is 2.00. The van der Waals surface area contributed by atoms with E-state index >= 15 is 0 Å². The van der Waals surface area contributed by atoms with E-state index < -0.39 is 0 Å². The zero-order valence-electron chi connectivity index (χ0n) is 11.0. The second kappa shape index (κ2) is 5.40. The highest BCUT2D eigenvalue weighted by atomic mass is 32.2. The van der Waals surface area contributed by atoms with Crippen LogP contribution in [0.25, 0.3) is 0 Å². The van der Waals surface area contributed by atoms with Crippen molar-refractivity contribution in [1.29, 1.82) is 0 Å². The molecular formula is C14H21NS2. The average molecular weight is 267 g/mol. The number of nitrogens with zero attached hydrogens (tertiary/aromatic N) is 1. The molecule has 0 saturated heterocycles. The van der Waals surface area contributed by atoms with E-state index in [1.807, 2.05) is 17.5 Å². The van der Waals surface area contributed by atoms with Crippen molar-refractivity contribution in [1.82, 2.24) is 0 Å². The van der Waals surface area contributed by atoms with Crippen molar-refractivity contribution in [3.63, 3.8) is 0 Å². The summed E-state index contributed by atoms with van der Waals surface area (Å²) in [5.41, 5.74) is 1.54. The quantitative estimate of drug-likeness (QED) is 0.744. The summed E-state index contributed by atoms with van der Waals surface area (Å²) >= 11 is 1.90. The van der Waals surface area contributed by atoms with Gasteiger partial charge in [-0.3, -0.25) is 4.99 Å². The summed E-state index contributed by atoms with van der Waals surface area (Å²) < 4.78 is 0. The molecule has 0 fully saturated rings. The third-order valence-corrected chi connectivity index (χ3v) is 6.56. The van der Waals surface area contributed by atoms with Crippen LogP contribution in [0.4, 0.5) is 0 Å². The monoisotopic (exact) mass is 267 g/mol. The second-order valence-corrected chi connectivity index (χ2v) is 7.99. The third kappa shape index (κ3) is 2.83. The van der Waals surface area contributed by atoms with E-state index in [0.717, 1.165) is 0 Å². The van der Waals surface area contributed by atoms with Crippen LogP contribution in [0, 0.1) is 5.92 Å². The molecule has 0 N–H and O–H groups in total. The Balaban J connectivity index is 2.14. The van der Waals surface area contributed by atoms with Crippen molar-refractivity contribution >= 4 is 27.3 Å². The van der Waals surface area contributed by atoms with Gasteiger partial charge in [0, 0.05) is 22.7 Å². The Morgan fingerprint density at radius 2 is 2.00 bits per heavy atom. The van der Waals surface area contributed by atoms with Gasteiger partial charge in [0.2, 0.25) is 0 Å². The predicted molar refractivity (Wildman–Crippen MR) is 82.5 cm³/mol. The molecule has 1 unspecified atom stereocenters. The minimum atomic E-state index is -0.163. The Hall–Kier alpha value is -0.540. The average Bonchev–Trinajstić information content (AvgIpc) is 2.86. The molecule has 1 atom stereocenters. The number of thiol groups is 1. The van der Waals surface area contributed by atoms with Gasteiger partial charge in [0.05, 0.1) is 5.04 Å². The number of hydrogen-bond donors (Lipinski definition) is 1. The SMILES string of the molecule is CC(C)C1=NC=C[SH]1Cc1ccsc1C(C)C. The maximum absolute atomic E-state index is 4.54. The molecule has 1 nitrogen and oxygen atoms in total. The molecule has 0 aliphatic carbocycles. The van der Waals surface area contributed by atoms with Crippen molar-refractivity contribution < 1.29 is 0 Å². The molecule has 1 aliphatic heterocycles. The van der Waals surface area contributed by atoms with E-state index in [9.17, 15) is 0 Å². The summed E-state index contributed by atoms with van der Waals surface area (Å²) in [5, 5.41) is 5.94. The smallest absolute Gasteiger partial charge is 0.0600 e. The van der Waals surface area contributed by atoms with Crippen LogP contribution in [-0.4, -0.2) is 5.04 Å². The molecule has 94 valence electrons. The summed E-state index contributed by atoms with van der Waals surface area (Å²) in [4.78, 5) is 6.09. The molecule has 2 rings (SSSR count). The van der Waals surface area contributed by atoms with Gasteiger partial charge < -0.3 is 0 Å². The van der Waals surface area contributed by atoms with Gasteiger partial charge in [-0.15, -0.1) is 11.3 Å². The Kier molecular flexibility index (Phi) is 4.10. The highest BCUT2D eigenvalue weighted by Crippen LogP contribution is 2.42. The van der Waals surface area contributed by atoms with E-state index in [0.29, 0.717) is 11.8 Å². The Morgan fingerprint density at radius 3 is 2.65 bits per heavy atom. The molecule has 0 saturated carbocycles. The Labute approximate surface area is 111 Å². The summed E-state index contributed by atoms with van der Waals surface area (Å²) in [6.45, 7) is 9.06. The standard InChI is InChI=1S/C14H21NS2/c1-10(2)13-12(5-7-16-13)9-17-8-6-15-14(17)11(3)4/h5-8,10-11,17H,9H2,1-4H3. The number of hydrogen-bond acceptors (Lipinski definition) is 2. The van der Waals surface area contributed by atoms with E-state index in [2.05, 4.69) is 49.5 Å². The summed E-state index contributed by atoms with van der Waals surface area (Å²) in [5.74, 6) is 2.41. The lowest BCUT2D eigenvalue weighted by Gasteiger charge is -2.19. The van der Waals surface area contributed by atoms with E-state index in [-0.39, 0.29) is 10.9 Å². The molecule has 0 amide bonds. The van der Waals surface area contributed by atoms with Crippen molar-refractivity contribution in [3.05, 3.63) is 33.5 Å². The minimum Gasteiger partial charge on any atom is -0.255 e. The lowest BCUT2D eigenvalue weighted by molar-refractivity contribution is 0.879. The maximum Gasteiger partial charge on any atom is 0.0600 e. The van der Waals surface area contributed by atoms with Crippen molar-refractivity contribution in [3.8, 4) is 0 Å². The van der Waals surface area contributed by atoms with E-state index in [1.54, 1.807) is 4.88 Å². The van der Waals surface area contributed by atoms with Crippen molar-refractivity contribution in [2.45, 2.75) is 39.4 Å². The van der Waals surface area contributed by atoms with Gasteiger partial charge >= 0.3 is 0 Å². The van der Waals surface area contributed by atoms with Gasteiger partial charge in [-0.2, -0.15) is 10.9 Å². The lowest BCUT2D eigenvalue weighted by Crippen LogP contribution is -2.06. The van der Waals surface area contributed by atoms with Crippen LogP contribution in [0.2, 0.25) is 0 Å². The fourth-order valence-electron chi connectivity index (χ4n) is 2.12. The summed E-state index contributed by atoms with van der Waals surface area (Å²) in [6, 6.07) is 2.30. The molecule has 3 heteroatoms. The normalized spacial score (nSPS) is 21.5. The van der Waals surface area contributed by atoms with Gasteiger partial charge in [0.15, 0.2) is 0 Å². The van der Waals surface area contributed by atoms with Crippen LogP contribution >= 0.6 is 22.2 Å². The molecule has 0 aromatic carbocycles. The van der Waals surface area contributed by atoms with Crippen LogP contribution in [0.5, 0.6) is 0 Å². The Bertz CT molecular complexity index is 441. The molecule has 2 heterocycles. The first-order valence-electron chi connectivity index (χ1n) is 6.17. The molecule has 0 bridgehead atoms. The van der Waals surface area contributed by atoms with Crippen molar-refractivity contribution in [2.75, 3.05) is 0 Å². The first kappa shape index (κ1) is 12.9. The molecule has 17 heavy (non-hydrogen) atoms. The highest BCUT2D eigenvalue weighted by Gasteiger charge is 2.19. The number of rotatable bonds is 4. The molecule has 1 aromatic heterocycles. The van der Waals surface area contributed by atoms with Crippen LogP contribution in [0.1, 0.15) is 44.1 Å². The fourth-order valence-corrected chi connectivity index (χ4v) is 5.34. The van der Waals surface area contributed by atoms with Gasteiger partial charge in [-0.05, 0) is 28.3 Å². The Morgan fingerprint density at radius 1 is 1.24 bits per heavy atom. The molecule has 1 aromatic rings. The van der Waals surface area contributed by atoms with Crippen LogP contribution in [0.15, 0.2) is 28.0 Å². The molecule has 1 aliphatic rings. The molecule has 0 radical (unpaired) electrons. The molecular weight excluding hydrogens is 246 g/mol. The topological polar surface area (TPSA) is 12.4 Å². The first-order chi connectivity index (χ1) is 8.09. The van der Waals surface area contributed by atoms with Gasteiger partial charge in [-0.1, -0.05) is 27.7 Å². The van der Waals surface area contributed by atoms with Crippen LogP contribution in [-0.2, 0) is 5.75 Å². The van der Waals surface area contributed by atoms with Crippen LogP contribution in [0.3, 0.4) is 0 Å². The zero-order chi connectivity index (χ0) is 12.4. The highest BCUT2D eigenvalue weighted by molar-refractivity contribution is 8.32. The van der Waals surface area contributed by atoms with Crippen LogP contribution < -0.4 is 0 Å². The molecule has 0 spiro atoms. The summed E-state index contributed by atoms with van der Waals surface area (Å²) in [7, 11) is -0.163. The maximum atomic E-state index is 4.54. The lowest BCUT2D eigenvalue weighted by atomic mass is 10.1. The first-order valence-corrected chi connectivity index (χ1v) is 8.64. The van der Waals surface area contributed by atoms with Gasteiger partial charge in [0.1, 0.15) is 0 Å². The predicted octanol–water partition coefficient (Wildman–Crippen LogP) is 4.91. The largest absolute Gasteiger partial charge is 0.255 e. The third-order valence-electron chi connectivity index (χ3n) is 2.91. The van der Waals surface area contributed by atoms with Gasteiger partial charge in [0.25, 0.3) is 0 Å². The second-order valence-electron chi connectivity index (χ2n) is 5.03. The minimum absolute atomic E-state index is 0.163. The number of thiophene rings is 1. The van der Waals surface area contributed by atoms with Crippen molar-refractivity contribution in [2.24, 2.45) is 10.9 Å².